The summed E-state index contributed by atoms with van der Waals surface area (Å²) in [5.74, 6) is 0. The zero-order chi connectivity index (χ0) is 22.2. The highest BCUT2D eigenvalue weighted by molar-refractivity contribution is 7.14. The number of fused-ring (bicyclic) bond motifs is 1. The lowest BCUT2D eigenvalue weighted by atomic mass is 9.63. The Morgan fingerprint density at radius 2 is 1.81 bits per heavy atom. The summed E-state index contributed by atoms with van der Waals surface area (Å²) in [5.41, 5.74) is 5.71. The van der Waals surface area contributed by atoms with E-state index in [0.29, 0.717) is 12.6 Å². The molecule has 0 radical (unpaired) electrons. The molecule has 0 amide bonds. The van der Waals surface area contributed by atoms with Crippen molar-refractivity contribution in [2.45, 2.75) is 76.4 Å². The lowest BCUT2D eigenvalue weighted by Gasteiger charge is -2.42. The fourth-order valence-corrected chi connectivity index (χ4v) is 5.82. The van der Waals surface area contributed by atoms with Crippen LogP contribution in [0.4, 0.5) is 5.13 Å². The second-order valence-electron chi connectivity index (χ2n) is 10.5. The van der Waals surface area contributed by atoms with Crippen molar-refractivity contribution < 1.29 is 10.2 Å². The molecular weight excluding hydrogens is 406 g/mol. The first-order valence-electron chi connectivity index (χ1n) is 11.6. The molecule has 0 saturated carbocycles. The Bertz CT molecular complexity index is 900. The maximum absolute atomic E-state index is 9.53. The number of piperidine rings is 1. The van der Waals surface area contributed by atoms with Gasteiger partial charge in [-0.15, -0.1) is 11.3 Å². The Morgan fingerprint density at radius 1 is 1.13 bits per heavy atom. The molecule has 6 heteroatoms. The largest absolute Gasteiger partial charge is 0.394 e. The highest BCUT2D eigenvalue weighted by Crippen LogP contribution is 2.46. The third-order valence-electron chi connectivity index (χ3n) is 7.26. The highest BCUT2D eigenvalue weighted by atomic mass is 32.1. The van der Waals surface area contributed by atoms with Gasteiger partial charge in [-0.25, -0.2) is 4.98 Å². The van der Waals surface area contributed by atoms with E-state index in [0.717, 1.165) is 36.8 Å². The molecule has 5 nitrogen and oxygen atoms in total. The molecular formula is C25H37N3O2S. The molecule has 4 rings (SSSR count). The standard InChI is InChI=1S/C25H37N3O2S/c1-24(2)9-10-25(3,4)21-13-17(5-6-20(21)24)22-16-31-23(27-22)28-11-7-18(8-12-28)26-14-19(30)15-29/h5-6,13,16,18-19,26,29-30H,7-12,14-15H2,1-4H3/t19-/m1/s1. The summed E-state index contributed by atoms with van der Waals surface area (Å²) >= 11 is 1.73. The van der Waals surface area contributed by atoms with E-state index in [2.05, 4.69) is 61.5 Å². The number of aromatic nitrogens is 1. The van der Waals surface area contributed by atoms with Gasteiger partial charge in [-0.1, -0.05) is 39.8 Å². The van der Waals surface area contributed by atoms with Crippen molar-refractivity contribution in [3.05, 3.63) is 34.7 Å². The molecule has 1 atom stereocenters. The topological polar surface area (TPSA) is 68.6 Å². The van der Waals surface area contributed by atoms with Crippen molar-refractivity contribution in [1.82, 2.24) is 10.3 Å². The number of nitrogens with one attached hydrogen (secondary N) is 1. The summed E-state index contributed by atoms with van der Waals surface area (Å²) in [6.45, 7) is 11.7. The summed E-state index contributed by atoms with van der Waals surface area (Å²) in [6, 6.07) is 7.37. The summed E-state index contributed by atoms with van der Waals surface area (Å²) < 4.78 is 0. The van der Waals surface area contributed by atoms with E-state index in [4.69, 9.17) is 10.1 Å². The summed E-state index contributed by atoms with van der Waals surface area (Å²) in [6.07, 6.45) is 3.82. The first kappa shape index (κ1) is 22.7. The summed E-state index contributed by atoms with van der Waals surface area (Å²) in [5, 5.41) is 25.2. The zero-order valence-corrected chi connectivity index (χ0v) is 20.1. The van der Waals surface area contributed by atoms with E-state index in [-0.39, 0.29) is 17.4 Å². The van der Waals surface area contributed by atoms with Crippen LogP contribution in [0, 0.1) is 0 Å². The first-order valence-corrected chi connectivity index (χ1v) is 12.5. The number of aliphatic hydroxyl groups is 2. The Morgan fingerprint density at radius 3 is 2.48 bits per heavy atom. The molecule has 0 spiro atoms. The molecule has 2 aliphatic rings. The third kappa shape index (κ3) is 4.82. The van der Waals surface area contributed by atoms with E-state index in [1.807, 2.05) is 0 Å². The van der Waals surface area contributed by atoms with Gasteiger partial charge < -0.3 is 20.4 Å². The maximum Gasteiger partial charge on any atom is 0.185 e. The van der Waals surface area contributed by atoms with Gasteiger partial charge in [0.05, 0.1) is 18.4 Å². The van der Waals surface area contributed by atoms with Gasteiger partial charge in [0.25, 0.3) is 0 Å². The minimum atomic E-state index is -0.674. The van der Waals surface area contributed by atoms with Crippen LogP contribution < -0.4 is 10.2 Å². The summed E-state index contributed by atoms with van der Waals surface area (Å²) in [4.78, 5) is 7.38. The van der Waals surface area contributed by atoms with E-state index in [1.54, 1.807) is 11.3 Å². The first-order chi connectivity index (χ1) is 14.7. The molecule has 170 valence electrons. The van der Waals surface area contributed by atoms with Crippen LogP contribution in [0.5, 0.6) is 0 Å². The van der Waals surface area contributed by atoms with Crippen LogP contribution in [0.1, 0.15) is 64.5 Å². The monoisotopic (exact) mass is 443 g/mol. The summed E-state index contributed by atoms with van der Waals surface area (Å²) in [7, 11) is 0. The average Bonchev–Trinajstić information content (AvgIpc) is 3.26. The normalized spacial score (nSPS) is 21.7. The number of hydrogen-bond acceptors (Lipinski definition) is 6. The van der Waals surface area contributed by atoms with Gasteiger partial charge in [0.2, 0.25) is 0 Å². The molecule has 1 aliphatic heterocycles. The van der Waals surface area contributed by atoms with Gasteiger partial charge >= 0.3 is 0 Å². The molecule has 1 aromatic heterocycles. The smallest absolute Gasteiger partial charge is 0.185 e. The van der Waals surface area contributed by atoms with Crippen molar-refractivity contribution >= 4 is 16.5 Å². The van der Waals surface area contributed by atoms with Crippen molar-refractivity contribution in [2.24, 2.45) is 0 Å². The van der Waals surface area contributed by atoms with Crippen LogP contribution in [0.2, 0.25) is 0 Å². The SMILES string of the molecule is CC1(C)CCC(C)(C)c2cc(-c3csc(N4CCC(NC[C@@H](O)CO)CC4)n3)ccc21. The number of hydrogen-bond donors (Lipinski definition) is 3. The second kappa shape index (κ2) is 8.81. The number of benzene rings is 1. The second-order valence-corrected chi connectivity index (χ2v) is 11.4. The predicted molar refractivity (Wildman–Crippen MR) is 129 cm³/mol. The fourth-order valence-electron chi connectivity index (χ4n) is 4.93. The Labute approximate surface area is 190 Å². The van der Waals surface area contributed by atoms with Gasteiger partial charge in [0.15, 0.2) is 5.13 Å². The molecule has 0 unspecified atom stereocenters. The van der Waals surface area contributed by atoms with Crippen molar-refractivity contribution in [1.29, 1.82) is 0 Å². The van der Waals surface area contributed by atoms with E-state index in [1.165, 1.54) is 29.5 Å². The quantitative estimate of drug-likeness (QED) is 0.628. The number of anilines is 1. The number of rotatable bonds is 6. The molecule has 0 bridgehead atoms. The maximum atomic E-state index is 9.53. The average molecular weight is 444 g/mol. The number of nitrogens with zero attached hydrogens (tertiary/aromatic N) is 2. The minimum Gasteiger partial charge on any atom is -0.394 e. The Hall–Kier alpha value is -1.47. The molecule has 1 aromatic carbocycles. The molecule has 31 heavy (non-hydrogen) atoms. The van der Waals surface area contributed by atoms with E-state index in [9.17, 15) is 5.11 Å². The lowest BCUT2D eigenvalue weighted by Crippen LogP contribution is -2.45. The van der Waals surface area contributed by atoms with Gasteiger partial charge in [-0.2, -0.15) is 0 Å². The van der Waals surface area contributed by atoms with Gasteiger partial charge in [0, 0.05) is 36.6 Å². The molecule has 1 saturated heterocycles. The molecule has 1 aliphatic carbocycles. The molecule has 3 N–H and O–H groups in total. The van der Waals surface area contributed by atoms with Crippen LogP contribution in [0.15, 0.2) is 23.6 Å². The predicted octanol–water partition coefficient (Wildman–Crippen LogP) is 4.07. The number of thiazole rings is 1. The van der Waals surface area contributed by atoms with E-state index >= 15 is 0 Å². The zero-order valence-electron chi connectivity index (χ0n) is 19.3. The van der Waals surface area contributed by atoms with Gasteiger partial charge in [-0.3, -0.25) is 0 Å². The fraction of sp³-hybridized carbons (Fsp3) is 0.640. The van der Waals surface area contributed by atoms with E-state index < -0.39 is 6.10 Å². The third-order valence-corrected chi connectivity index (χ3v) is 8.16. The van der Waals surface area contributed by atoms with Gasteiger partial charge in [0.1, 0.15) is 0 Å². The highest BCUT2D eigenvalue weighted by Gasteiger charge is 2.37. The van der Waals surface area contributed by atoms with Crippen LogP contribution in [-0.2, 0) is 10.8 Å². The van der Waals surface area contributed by atoms with Crippen LogP contribution >= 0.6 is 11.3 Å². The van der Waals surface area contributed by atoms with Crippen molar-refractivity contribution in [2.75, 3.05) is 31.1 Å². The Kier molecular flexibility index (Phi) is 6.46. The Balaban J connectivity index is 1.45. The van der Waals surface area contributed by atoms with Crippen molar-refractivity contribution in [3.8, 4) is 11.3 Å². The molecule has 1 fully saturated rings. The van der Waals surface area contributed by atoms with Crippen molar-refractivity contribution in [3.63, 3.8) is 0 Å². The molecule has 2 heterocycles. The van der Waals surface area contributed by atoms with Crippen LogP contribution in [0.3, 0.4) is 0 Å². The number of aliphatic hydroxyl groups excluding tert-OH is 2. The lowest BCUT2D eigenvalue weighted by molar-refractivity contribution is 0.0909. The van der Waals surface area contributed by atoms with Crippen LogP contribution in [-0.4, -0.2) is 53.6 Å². The van der Waals surface area contributed by atoms with Crippen LogP contribution in [0.25, 0.3) is 11.3 Å². The molecule has 2 aromatic rings. The minimum absolute atomic E-state index is 0.189. The van der Waals surface area contributed by atoms with Gasteiger partial charge in [-0.05, 0) is 53.7 Å².